The Morgan fingerprint density at radius 3 is 2.68 bits per heavy atom. The van der Waals surface area contributed by atoms with Gasteiger partial charge in [-0.3, -0.25) is 14.4 Å². The number of hydrogen-bond donors (Lipinski definition) is 1. The summed E-state index contributed by atoms with van der Waals surface area (Å²) in [5, 5.41) is 3.88. The first-order chi connectivity index (χ1) is 14.9. The quantitative estimate of drug-likeness (QED) is 0.598. The molecule has 1 amide bonds. The van der Waals surface area contributed by atoms with Crippen LogP contribution >= 0.6 is 0 Å². The number of fused-ring (bicyclic) bond motifs is 1. The fourth-order valence-corrected chi connectivity index (χ4v) is 4.41. The van der Waals surface area contributed by atoms with Gasteiger partial charge in [-0.15, -0.1) is 0 Å². The van der Waals surface area contributed by atoms with Crippen molar-refractivity contribution in [3.8, 4) is 5.75 Å². The highest BCUT2D eigenvalue weighted by atomic mass is 32.2. The molecule has 2 heterocycles. The molecule has 4 rings (SSSR count). The first kappa shape index (κ1) is 20.9. The van der Waals surface area contributed by atoms with Gasteiger partial charge in [0.15, 0.2) is 12.4 Å². The minimum absolute atomic E-state index is 0.0165. The molecule has 0 radical (unpaired) electrons. The summed E-state index contributed by atoms with van der Waals surface area (Å²) in [7, 11) is -3.89. The van der Waals surface area contributed by atoms with E-state index in [2.05, 4.69) is 14.9 Å². The number of nitrogens with zero attached hydrogens (tertiary/aromatic N) is 3. The van der Waals surface area contributed by atoms with E-state index in [1.807, 2.05) is 26.0 Å². The van der Waals surface area contributed by atoms with E-state index in [0.29, 0.717) is 41.7 Å². The van der Waals surface area contributed by atoms with Crippen molar-refractivity contribution in [1.29, 1.82) is 0 Å². The first-order valence-corrected chi connectivity index (χ1v) is 11.4. The second-order valence-electron chi connectivity index (χ2n) is 6.97. The molecule has 0 atom stereocenters. The Labute approximate surface area is 180 Å². The zero-order valence-corrected chi connectivity index (χ0v) is 18.0. The topological polar surface area (TPSA) is 115 Å². The van der Waals surface area contributed by atoms with Gasteiger partial charge in [0.2, 0.25) is 5.89 Å². The van der Waals surface area contributed by atoms with Crippen molar-refractivity contribution in [2.45, 2.75) is 38.1 Å². The molecule has 162 valence electrons. The van der Waals surface area contributed by atoms with Crippen molar-refractivity contribution in [3.63, 3.8) is 0 Å². The van der Waals surface area contributed by atoms with Crippen LogP contribution < -0.4 is 14.4 Å². The molecule has 10 heteroatoms. The summed E-state index contributed by atoms with van der Waals surface area (Å²) in [6, 6.07) is 11.6. The van der Waals surface area contributed by atoms with E-state index < -0.39 is 10.0 Å². The third-order valence-corrected chi connectivity index (χ3v) is 6.30. The average molecular weight is 442 g/mol. The van der Waals surface area contributed by atoms with Crippen LogP contribution in [0, 0.1) is 0 Å². The highest BCUT2D eigenvalue weighted by Crippen LogP contribution is 2.35. The van der Waals surface area contributed by atoms with E-state index in [1.165, 1.54) is 17.0 Å². The minimum Gasteiger partial charge on any atom is -0.482 e. The number of nitrogens with one attached hydrogen (secondary N) is 1. The number of sulfonamides is 1. The van der Waals surface area contributed by atoms with Crippen LogP contribution in [0.3, 0.4) is 0 Å². The normalized spacial score (nSPS) is 13.6. The van der Waals surface area contributed by atoms with Crippen molar-refractivity contribution < 1.29 is 22.5 Å². The second kappa shape index (κ2) is 8.38. The van der Waals surface area contributed by atoms with Gasteiger partial charge in [-0.1, -0.05) is 37.2 Å². The number of ether oxygens (including phenoxy) is 1. The summed E-state index contributed by atoms with van der Waals surface area (Å²) >= 11 is 0. The number of carbonyl (C=O) groups excluding carboxylic acids is 1. The number of amides is 1. The highest BCUT2D eigenvalue weighted by Gasteiger charge is 2.29. The van der Waals surface area contributed by atoms with Gasteiger partial charge in [0.05, 0.1) is 22.8 Å². The number of anilines is 2. The van der Waals surface area contributed by atoms with Crippen LogP contribution in [-0.2, 0) is 34.2 Å². The van der Waals surface area contributed by atoms with Crippen molar-refractivity contribution in [2.24, 2.45) is 0 Å². The lowest BCUT2D eigenvalue weighted by molar-refractivity contribution is -0.121. The van der Waals surface area contributed by atoms with Gasteiger partial charge in [0, 0.05) is 6.42 Å². The van der Waals surface area contributed by atoms with Crippen molar-refractivity contribution in [2.75, 3.05) is 16.2 Å². The first-order valence-electron chi connectivity index (χ1n) is 9.90. The van der Waals surface area contributed by atoms with E-state index in [4.69, 9.17) is 9.26 Å². The largest absolute Gasteiger partial charge is 0.482 e. The predicted molar refractivity (Wildman–Crippen MR) is 113 cm³/mol. The molecule has 9 nitrogen and oxygen atoms in total. The Morgan fingerprint density at radius 1 is 1.13 bits per heavy atom. The molecule has 0 fully saturated rings. The van der Waals surface area contributed by atoms with Gasteiger partial charge in [-0.25, -0.2) is 8.42 Å². The summed E-state index contributed by atoms with van der Waals surface area (Å²) in [5.41, 5.74) is 1.74. The zero-order chi connectivity index (χ0) is 22.0. The van der Waals surface area contributed by atoms with Crippen LogP contribution in [0.2, 0.25) is 0 Å². The Bertz CT molecular complexity index is 1220. The van der Waals surface area contributed by atoms with Crippen LogP contribution in [0.25, 0.3) is 0 Å². The van der Waals surface area contributed by atoms with Crippen LogP contribution in [0.4, 0.5) is 11.4 Å². The number of aryl methyl sites for hydroxylation is 2. The summed E-state index contributed by atoms with van der Waals surface area (Å²) in [4.78, 5) is 18.2. The molecule has 0 spiro atoms. The summed E-state index contributed by atoms with van der Waals surface area (Å²) < 4.78 is 39.3. The number of hydrogen-bond acceptors (Lipinski definition) is 7. The standard InChI is InChI=1S/C21H22N4O5S/c1-3-14-7-5-6-8-16(14)24-31(27,28)15-9-10-18-17(11-15)25(21(26)13-29-18)12-19-22-20(4-2)30-23-19/h5-11,24H,3-4,12-13H2,1-2H3. The van der Waals surface area contributed by atoms with Gasteiger partial charge in [0.25, 0.3) is 15.9 Å². The van der Waals surface area contributed by atoms with Gasteiger partial charge in [-0.05, 0) is 36.2 Å². The lowest BCUT2D eigenvalue weighted by atomic mass is 10.1. The molecule has 1 aliphatic heterocycles. The molecule has 2 aromatic carbocycles. The fraction of sp³-hybridized carbons (Fsp3) is 0.286. The van der Waals surface area contributed by atoms with E-state index >= 15 is 0 Å². The van der Waals surface area contributed by atoms with E-state index in [1.54, 1.807) is 18.2 Å². The van der Waals surface area contributed by atoms with Gasteiger partial charge in [0.1, 0.15) is 5.75 Å². The maximum absolute atomic E-state index is 13.0. The molecule has 0 bridgehead atoms. The summed E-state index contributed by atoms with van der Waals surface area (Å²) in [6.45, 7) is 3.73. The molecule has 3 aromatic rings. The molecule has 0 saturated carbocycles. The number of rotatable bonds is 7. The summed E-state index contributed by atoms with van der Waals surface area (Å²) in [6.07, 6.45) is 1.26. The highest BCUT2D eigenvalue weighted by molar-refractivity contribution is 7.92. The lowest BCUT2D eigenvalue weighted by Gasteiger charge is -2.28. The van der Waals surface area contributed by atoms with E-state index in [9.17, 15) is 13.2 Å². The molecule has 1 aromatic heterocycles. The maximum Gasteiger partial charge on any atom is 0.265 e. The van der Waals surface area contributed by atoms with Gasteiger partial charge in [-0.2, -0.15) is 4.98 Å². The minimum atomic E-state index is -3.89. The van der Waals surface area contributed by atoms with Gasteiger partial charge >= 0.3 is 0 Å². The van der Waals surface area contributed by atoms with Crippen LogP contribution in [0.5, 0.6) is 5.75 Å². The molecule has 31 heavy (non-hydrogen) atoms. The van der Waals surface area contributed by atoms with Crippen LogP contribution in [0.1, 0.15) is 31.1 Å². The Kier molecular flexibility index (Phi) is 5.64. The van der Waals surface area contributed by atoms with Crippen molar-refractivity contribution >= 4 is 27.3 Å². The SMILES string of the molecule is CCc1nc(CN2C(=O)COc3ccc(S(=O)(=O)Nc4ccccc4CC)cc32)no1. The third kappa shape index (κ3) is 4.24. The molecule has 0 unspecified atom stereocenters. The maximum atomic E-state index is 13.0. The van der Waals surface area contributed by atoms with E-state index in [-0.39, 0.29) is 24.0 Å². The molecule has 1 aliphatic rings. The van der Waals surface area contributed by atoms with Crippen molar-refractivity contribution in [1.82, 2.24) is 10.1 Å². The third-order valence-electron chi connectivity index (χ3n) is 4.94. The number of benzene rings is 2. The Morgan fingerprint density at radius 2 is 1.94 bits per heavy atom. The molecule has 1 N–H and O–H groups in total. The second-order valence-corrected chi connectivity index (χ2v) is 8.65. The molecule has 0 aliphatic carbocycles. The van der Waals surface area contributed by atoms with E-state index in [0.717, 1.165) is 5.56 Å². The predicted octanol–water partition coefficient (Wildman–Crippen LogP) is 2.92. The lowest BCUT2D eigenvalue weighted by Crippen LogP contribution is -2.38. The van der Waals surface area contributed by atoms with Crippen molar-refractivity contribution in [3.05, 3.63) is 59.7 Å². The number of aromatic nitrogens is 2. The molecular weight excluding hydrogens is 420 g/mol. The molecule has 0 saturated heterocycles. The van der Waals surface area contributed by atoms with Crippen LogP contribution in [0.15, 0.2) is 51.9 Å². The smallest absolute Gasteiger partial charge is 0.265 e. The fourth-order valence-electron chi connectivity index (χ4n) is 3.29. The average Bonchev–Trinajstić information content (AvgIpc) is 3.23. The zero-order valence-electron chi connectivity index (χ0n) is 17.2. The summed E-state index contributed by atoms with van der Waals surface area (Å²) in [5.74, 6) is 0.883. The number of carbonyl (C=O) groups is 1. The number of para-hydroxylation sites is 1. The van der Waals surface area contributed by atoms with Gasteiger partial charge < -0.3 is 9.26 Å². The Hall–Kier alpha value is -3.40. The van der Waals surface area contributed by atoms with Crippen LogP contribution in [-0.4, -0.2) is 31.1 Å². The Balaban J connectivity index is 1.67. The molecular formula is C21H22N4O5S. The monoisotopic (exact) mass is 442 g/mol.